The lowest BCUT2D eigenvalue weighted by atomic mass is 10.1. The molecule has 0 aromatic heterocycles. The maximum absolute atomic E-state index is 12.2. The van der Waals surface area contributed by atoms with E-state index in [-0.39, 0.29) is 28.7 Å². The Morgan fingerprint density at radius 1 is 1.00 bits per heavy atom. The van der Waals surface area contributed by atoms with Gasteiger partial charge >= 0.3 is 10.1 Å². The molecule has 1 amide bonds. The highest BCUT2D eigenvalue weighted by Crippen LogP contribution is 2.18. The zero-order valence-electron chi connectivity index (χ0n) is 16.0. The summed E-state index contributed by atoms with van der Waals surface area (Å²) in [5.74, 6) is -0.248. The predicted octanol–water partition coefficient (Wildman–Crippen LogP) is 3.06. The van der Waals surface area contributed by atoms with Gasteiger partial charge in [-0.05, 0) is 47.5 Å². The smallest absolute Gasteiger partial charge is 0.339 e. The van der Waals surface area contributed by atoms with Crippen molar-refractivity contribution in [3.8, 4) is 5.75 Å². The van der Waals surface area contributed by atoms with Crippen LogP contribution in [0.25, 0.3) is 0 Å². The maximum Gasteiger partial charge on any atom is 0.339 e. The average Bonchev–Trinajstić information content (AvgIpc) is 2.76. The molecule has 9 nitrogen and oxygen atoms in total. The van der Waals surface area contributed by atoms with Crippen LogP contribution in [-0.2, 0) is 21.3 Å². The first kappa shape index (κ1) is 21.7. The molecule has 0 heterocycles. The molecule has 0 aliphatic heterocycles. The van der Waals surface area contributed by atoms with Gasteiger partial charge in [-0.1, -0.05) is 30.3 Å². The molecule has 0 bridgehead atoms. The topological polar surface area (TPSA) is 128 Å². The van der Waals surface area contributed by atoms with Crippen LogP contribution < -0.4 is 9.61 Å². The van der Waals surface area contributed by atoms with E-state index in [1.807, 2.05) is 0 Å². The monoisotopic (exact) mass is 439 g/mol. The van der Waals surface area contributed by atoms with Gasteiger partial charge in [0.05, 0.1) is 17.6 Å². The lowest BCUT2D eigenvalue weighted by molar-refractivity contribution is -0.384. The Labute approximate surface area is 178 Å². The fraction of sp³-hybridized carbons (Fsp3) is 0.0476. The SMILES string of the molecule is O=C(Cc1ccc([N+](=O)[O-])cc1)N/N=C/c1ccc(OS(=O)(=O)c2ccccc2)cc1. The van der Waals surface area contributed by atoms with Crippen molar-refractivity contribution in [2.45, 2.75) is 11.3 Å². The molecule has 3 rings (SSSR count). The molecule has 0 unspecified atom stereocenters. The van der Waals surface area contributed by atoms with Crippen molar-refractivity contribution in [2.24, 2.45) is 5.10 Å². The molecule has 0 aliphatic rings. The molecule has 1 N–H and O–H groups in total. The van der Waals surface area contributed by atoms with Gasteiger partial charge in [-0.25, -0.2) is 5.43 Å². The molecule has 3 aromatic rings. The van der Waals surface area contributed by atoms with Crippen LogP contribution in [-0.4, -0.2) is 25.5 Å². The van der Waals surface area contributed by atoms with Gasteiger partial charge < -0.3 is 4.18 Å². The van der Waals surface area contributed by atoms with E-state index in [0.717, 1.165) is 0 Å². The summed E-state index contributed by atoms with van der Waals surface area (Å²) < 4.78 is 29.5. The van der Waals surface area contributed by atoms with Crippen molar-refractivity contribution < 1.29 is 22.3 Å². The van der Waals surface area contributed by atoms with Crippen molar-refractivity contribution in [3.05, 3.63) is 100 Å². The van der Waals surface area contributed by atoms with Crippen molar-refractivity contribution in [2.75, 3.05) is 0 Å². The summed E-state index contributed by atoms with van der Waals surface area (Å²) in [7, 11) is -3.92. The number of hydrazone groups is 1. The third-order valence-corrected chi connectivity index (χ3v) is 5.29. The van der Waals surface area contributed by atoms with Crippen LogP contribution >= 0.6 is 0 Å². The molecule has 158 valence electrons. The Bertz CT molecular complexity index is 1190. The van der Waals surface area contributed by atoms with E-state index in [0.29, 0.717) is 11.1 Å². The number of nitro groups is 1. The van der Waals surface area contributed by atoms with Gasteiger partial charge in [-0.15, -0.1) is 0 Å². The standard InChI is InChI=1S/C21H17N3O6S/c25-21(14-16-6-10-18(11-7-16)24(26)27)23-22-15-17-8-12-19(13-9-17)30-31(28,29)20-4-2-1-3-5-20/h1-13,15H,14H2,(H,23,25)/b22-15+. The number of benzene rings is 3. The Hall–Kier alpha value is -4.05. The molecule has 0 fully saturated rings. The predicted molar refractivity (Wildman–Crippen MR) is 113 cm³/mol. The van der Waals surface area contributed by atoms with Gasteiger partial charge in [0.15, 0.2) is 0 Å². The maximum atomic E-state index is 12.2. The quantitative estimate of drug-likeness (QED) is 0.249. The highest BCUT2D eigenvalue weighted by molar-refractivity contribution is 7.87. The molecule has 0 radical (unpaired) electrons. The minimum atomic E-state index is -3.92. The molecule has 0 saturated heterocycles. The van der Waals surface area contributed by atoms with Crippen molar-refractivity contribution in [1.29, 1.82) is 0 Å². The second kappa shape index (κ2) is 9.63. The van der Waals surface area contributed by atoms with Gasteiger partial charge in [0, 0.05) is 12.1 Å². The van der Waals surface area contributed by atoms with E-state index >= 15 is 0 Å². The average molecular weight is 439 g/mol. The number of nitrogens with one attached hydrogen (secondary N) is 1. The van der Waals surface area contributed by atoms with Crippen molar-refractivity contribution >= 4 is 27.9 Å². The van der Waals surface area contributed by atoms with Gasteiger partial charge in [0.1, 0.15) is 10.6 Å². The molecule has 0 saturated carbocycles. The van der Waals surface area contributed by atoms with Gasteiger partial charge in [-0.2, -0.15) is 13.5 Å². The highest BCUT2D eigenvalue weighted by Gasteiger charge is 2.15. The second-order valence-corrected chi connectivity index (χ2v) is 7.86. The molecule has 0 aliphatic carbocycles. The van der Waals surface area contributed by atoms with Crippen LogP contribution in [0.1, 0.15) is 11.1 Å². The number of hydrogen-bond acceptors (Lipinski definition) is 7. The van der Waals surface area contributed by atoms with Crippen molar-refractivity contribution in [3.63, 3.8) is 0 Å². The third-order valence-electron chi connectivity index (χ3n) is 4.03. The minimum Gasteiger partial charge on any atom is -0.379 e. The largest absolute Gasteiger partial charge is 0.379 e. The number of carbonyl (C=O) groups excluding carboxylic acids is 1. The van der Waals surface area contributed by atoms with Crippen molar-refractivity contribution in [1.82, 2.24) is 5.43 Å². The summed E-state index contributed by atoms with van der Waals surface area (Å²) in [6, 6.07) is 19.6. The summed E-state index contributed by atoms with van der Waals surface area (Å²) in [5.41, 5.74) is 3.53. The Morgan fingerprint density at radius 2 is 1.65 bits per heavy atom. The number of non-ortho nitro benzene ring substituents is 1. The summed E-state index contributed by atoms with van der Waals surface area (Å²) in [4.78, 5) is 22.1. The number of nitro benzene ring substituents is 1. The van der Waals surface area contributed by atoms with E-state index in [4.69, 9.17) is 4.18 Å². The van der Waals surface area contributed by atoms with Crippen LogP contribution in [0.4, 0.5) is 5.69 Å². The van der Waals surface area contributed by atoms with Crippen LogP contribution in [0.2, 0.25) is 0 Å². The zero-order chi connectivity index (χ0) is 22.3. The van der Waals surface area contributed by atoms with Gasteiger partial charge in [0.2, 0.25) is 5.91 Å². The molecule has 0 atom stereocenters. The lowest BCUT2D eigenvalue weighted by Gasteiger charge is -2.07. The number of amides is 1. The third kappa shape index (κ3) is 6.21. The summed E-state index contributed by atoms with van der Waals surface area (Å²) >= 11 is 0. The first-order valence-corrected chi connectivity index (χ1v) is 10.4. The summed E-state index contributed by atoms with van der Waals surface area (Å²) in [6.07, 6.45) is 1.41. The second-order valence-electron chi connectivity index (χ2n) is 6.31. The normalized spacial score (nSPS) is 11.2. The Morgan fingerprint density at radius 3 is 2.26 bits per heavy atom. The van der Waals surface area contributed by atoms with Gasteiger partial charge in [-0.3, -0.25) is 14.9 Å². The number of nitrogens with zero attached hydrogens (tertiary/aromatic N) is 2. The summed E-state index contributed by atoms with van der Waals surface area (Å²) in [6.45, 7) is 0. The number of carbonyl (C=O) groups is 1. The fourth-order valence-electron chi connectivity index (χ4n) is 2.51. The van der Waals surface area contributed by atoms with E-state index in [2.05, 4.69) is 10.5 Å². The minimum absolute atomic E-state index is 0.0134. The van der Waals surface area contributed by atoms with Crippen LogP contribution in [0, 0.1) is 10.1 Å². The lowest BCUT2D eigenvalue weighted by Crippen LogP contribution is -2.19. The van der Waals surface area contributed by atoms with E-state index in [1.165, 1.54) is 54.7 Å². The zero-order valence-corrected chi connectivity index (χ0v) is 16.9. The van der Waals surface area contributed by atoms with E-state index in [9.17, 15) is 23.3 Å². The fourth-order valence-corrected chi connectivity index (χ4v) is 3.46. The Balaban J connectivity index is 1.53. The molecule has 0 spiro atoms. The molecule has 31 heavy (non-hydrogen) atoms. The van der Waals surface area contributed by atoms with E-state index < -0.39 is 15.0 Å². The molecular formula is C21H17N3O6S. The van der Waals surface area contributed by atoms with Gasteiger partial charge in [0.25, 0.3) is 5.69 Å². The molecular weight excluding hydrogens is 422 g/mol. The number of rotatable bonds is 8. The van der Waals surface area contributed by atoms with Crippen LogP contribution in [0.15, 0.2) is 88.9 Å². The van der Waals surface area contributed by atoms with Crippen LogP contribution in [0.5, 0.6) is 5.75 Å². The van der Waals surface area contributed by atoms with E-state index in [1.54, 1.807) is 30.3 Å². The highest BCUT2D eigenvalue weighted by atomic mass is 32.2. The Kier molecular flexibility index (Phi) is 6.73. The summed E-state index contributed by atoms with van der Waals surface area (Å²) in [5, 5.41) is 14.5. The first-order valence-electron chi connectivity index (χ1n) is 8.98. The number of hydrogen-bond donors (Lipinski definition) is 1. The van der Waals surface area contributed by atoms with Crippen LogP contribution in [0.3, 0.4) is 0 Å². The molecule has 10 heteroatoms. The molecule has 3 aromatic carbocycles. The first-order chi connectivity index (χ1) is 14.8.